The predicted molar refractivity (Wildman–Crippen MR) is 140 cm³/mol. The summed E-state index contributed by atoms with van der Waals surface area (Å²) >= 11 is 0. The van der Waals surface area contributed by atoms with E-state index in [0.717, 1.165) is 28.1 Å². The van der Waals surface area contributed by atoms with Gasteiger partial charge in [0.2, 0.25) is 5.91 Å². The Morgan fingerprint density at radius 3 is 2.28 bits per heavy atom. The first-order valence-electron chi connectivity index (χ1n) is 12.0. The van der Waals surface area contributed by atoms with Gasteiger partial charge < -0.3 is 10.1 Å². The second-order valence-electron chi connectivity index (χ2n) is 8.79. The number of allylic oxidation sites excluding steroid dienone is 1. The quantitative estimate of drug-likeness (QED) is 0.410. The van der Waals surface area contributed by atoms with Crippen molar-refractivity contribution >= 4 is 23.2 Å². The Morgan fingerprint density at radius 1 is 0.944 bits per heavy atom. The van der Waals surface area contributed by atoms with Crippen LogP contribution in [0.25, 0.3) is 5.70 Å². The van der Waals surface area contributed by atoms with Crippen molar-refractivity contribution in [3.05, 3.63) is 101 Å². The van der Waals surface area contributed by atoms with Crippen LogP contribution in [0, 0.1) is 13.8 Å². The van der Waals surface area contributed by atoms with Crippen LogP contribution in [0.5, 0.6) is 5.75 Å². The maximum absolute atomic E-state index is 13.2. The molecule has 182 valence electrons. The van der Waals surface area contributed by atoms with Gasteiger partial charge in [-0.25, -0.2) is 0 Å². The van der Waals surface area contributed by atoms with Gasteiger partial charge in [0.25, 0.3) is 5.95 Å². The van der Waals surface area contributed by atoms with Gasteiger partial charge in [0, 0.05) is 5.69 Å². The highest BCUT2D eigenvalue weighted by molar-refractivity contribution is 5.97. The van der Waals surface area contributed by atoms with Crippen LogP contribution < -0.4 is 15.0 Å². The van der Waals surface area contributed by atoms with Gasteiger partial charge in [-0.1, -0.05) is 64.8 Å². The van der Waals surface area contributed by atoms with E-state index < -0.39 is 0 Å². The third kappa shape index (κ3) is 4.84. The average molecular weight is 481 g/mol. The third-order valence-corrected chi connectivity index (χ3v) is 6.10. The lowest BCUT2D eigenvalue weighted by molar-refractivity contribution is -0.114. The molecule has 36 heavy (non-hydrogen) atoms. The number of nitrogens with one attached hydrogen (secondary N) is 1. The van der Waals surface area contributed by atoms with E-state index in [1.807, 2.05) is 36.1 Å². The molecule has 1 aromatic heterocycles. The number of aryl methyl sites for hydroxylation is 2. The number of anilines is 2. The summed E-state index contributed by atoms with van der Waals surface area (Å²) < 4.78 is 7.25. The number of rotatable bonds is 7. The molecule has 0 spiro atoms. The Balaban J connectivity index is 1.48. The van der Waals surface area contributed by atoms with E-state index >= 15 is 0 Å². The largest absolute Gasteiger partial charge is 0.494 e. The van der Waals surface area contributed by atoms with Gasteiger partial charge in [-0.15, -0.1) is 0 Å². The predicted octanol–water partition coefficient (Wildman–Crippen LogP) is 4.78. The fourth-order valence-corrected chi connectivity index (χ4v) is 4.24. The SMILES string of the molecule is CCOc1ccc(NC(=O)CN2C(c3ccc(C)cc3)=C[C@H](c3ccc(C)cc3)n3nnnc32)cc1. The molecular formula is C28H28N6O2. The first-order valence-corrected chi connectivity index (χ1v) is 12.0. The third-order valence-electron chi connectivity index (χ3n) is 6.10. The number of hydrogen-bond donors (Lipinski definition) is 1. The zero-order valence-corrected chi connectivity index (χ0v) is 20.5. The molecule has 4 aromatic rings. The lowest BCUT2D eigenvalue weighted by Crippen LogP contribution is -2.37. The maximum atomic E-state index is 13.2. The van der Waals surface area contributed by atoms with Gasteiger partial charge >= 0.3 is 0 Å². The molecule has 1 aliphatic heterocycles. The van der Waals surface area contributed by atoms with E-state index in [1.54, 1.807) is 4.68 Å². The molecule has 1 aliphatic rings. The zero-order chi connectivity index (χ0) is 25.1. The lowest BCUT2D eigenvalue weighted by atomic mass is 9.99. The number of nitrogens with zero attached hydrogens (tertiary/aromatic N) is 5. The molecule has 0 fully saturated rings. The van der Waals surface area contributed by atoms with E-state index in [9.17, 15) is 4.79 Å². The van der Waals surface area contributed by atoms with Crippen molar-refractivity contribution in [1.29, 1.82) is 0 Å². The summed E-state index contributed by atoms with van der Waals surface area (Å²) in [6.45, 7) is 6.69. The molecule has 0 aliphatic carbocycles. The lowest BCUT2D eigenvalue weighted by Gasteiger charge is -2.32. The number of amides is 1. The fourth-order valence-electron chi connectivity index (χ4n) is 4.24. The molecule has 0 radical (unpaired) electrons. The summed E-state index contributed by atoms with van der Waals surface area (Å²) in [6, 6.07) is 23.7. The van der Waals surface area contributed by atoms with Crippen LogP contribution in [-0.4, -0.2) is 39.3 Å². The highest BCUT2D eigenvalue weighted by Gasteiger charge is 2.32. The van der Waals surface area contributed by atoms with Gasteiger partial charge in [-0.05, 0) is 72.7 Å². The van der Waals surface area contributed by atoms with E-state index in [4.69, 9.17) is 4.74 Å². The minimum Gasteiger partial charge on any atom is -0.494 e. The summed E-state index contributed by atoms with van der Waals surface area (Å²) in [5.41, 5.74) is 5.97. The topological polar surface area (TPSA) is 85.2 Å². The molecule has 0 bridgehead atoms. The van der Waals surface area contributed by atoms with E-state index in [-0.39, 0.29) is 18.5 Å². The normalized spacial score (nSPS) is 14.7. The molecule has 1 atom stereocenters. The van der Waals surface area contributed by atoms with Crippen molar-refractivity contribution in [3.8, 4) is 5.75 Å². The first-order chi connectivity index (χ1) is 17.5. The summed E-state index contributed by atoms with van der Waals surface area (Å²) in [7, 11) is 0. The highest BCUT2D eigenvalue weighted by Crippen LogP contribution is 2.36. The molecule has 2 heterocycles. The Morgan fingerprint density at radius 2 is 1.61 bits per heavy atom. The van der Waals surface area contributed by atoms with Crippen LogP contribution in [0.4, 0.5) is 11.6 Å². The number of carbonyl (C=O) groups is 1. The van der Waals surface area contributed by atoms with Crippen molar-refractivity contribution in [2.75, 3.05) is 23.4 Å². The number of benzene rings is 3. The molecule has 3 aromatic carbocycles. The van der Waals surface area contributed by atoms with Crippen LogP contribution in [0.1, 0.15) is 35.2 Å². The summed E-state index contributed by atoms with van der Waals surface area (Å²) in [5.74, 6) is 1.10. The van der Waals surface area contributed by atoms with Crippen molar-refractivity contribution in [1.82, 2.24) is 20.2 Å². The van der Waals surface area contributed by atoms with Crippen LogP contribution in [0.2, 0.25) is 0 Å². The van der Waals surface area contributed by atoms with Crippen molar-refractivity contribution in [3.63, 3.8) is 0 Å². The Hall–Kier alpha value is -4.46. The summed E-state index contributed by atoms with van der Waals surface area (Å²) in [5, 5.41) is 15.5. The molecule has 0 unspecified atom stereocenters. The molecule has 1 amide bonds. The second kappa shape index (κ2) is 10.0. The molecule has 8 nitrogen and oxygen atoms in total. The minimum absolute atomic E-state index is 0.0495. The Bertz CT molecular complexity index is 1380. The molecule has 0 saturated carbocycles. The minimum atomic E-state index is -0.197. The smallest absolute Gasteiger partial charge is 0.251 e. The van der Waals surface area contributed by atoms with Gasteiger partial charge in [0.15, 0.2) is 0 Å². The Labute approximate surface area is 210 Å². The van der Waals surface area contributed by atoms with Crippen molar-refractivity contribution in [2.45, 2.75) is 26.8 Å². The average Bonchev–Trinajstić information content (AvgIpc) is 3.37. The fraction of sp³-hybridized carbons (Fsp3) is 0.214. The molecule has 0 saturated heterocycles. The molecule has 8 heteroatoms. The van der Waals surface area contributed by atoms with Gasteiger partial charge in [0.1, 0.15) is 18.3 Å². The second-order valence-corrected chi connectivity index (χ2v) is 8.79. The van der Waals surface area contributed by atoms with Crippen LogP contribution in [0.3, 0.4) is 0 Å². The van der Waals surface area contributed by atoms with Crippen molar-refractivity contribution in [2.24, 2.45) is 0 Å². The maximum Gasteiger partial charge on any atom is 0.251 e. The number of aromatic nitrogens is 4. The number of tetrazole rings is 1. The summed E-state index contributed by atoms with van der Waals surface area (Å²) in [4.78, 5) is 15.0. The van der Waals surface area contributed by atoms with Crippen LogP contribution >= 0.6 is 0 Å². The number of carbonyl (C=O) groups excluding carboxylic acids is 1. The number of hydrogen-bond acceptors (Lipinski definition) is 6. The van der Waals surface area contributed by atoms with Gasteiger partial charge in [-0.3, -0.25) is 9.69 Å². The standard InChI is InChI=1S/C28H28N6O2/c1-4-36-24-15-13-23(14-16-24)29-27(35)18-33-25(21-9-5-19(2)6-10-21)17-26(34-28(33)30-31-32-34)22-11-7-20(3)8-12-22/h5-17,26H,4,18H2,1-3H3,(H,29,35)/t26-/m1/s1. The number of fused-ring (bicyclic) bond motifs is 1. The highest BCUT2D eigenvalue weighted by atomic mass is 16.5. The molecule has 5 rings (SSSR count). The summed E-state index contributed by atoms with van der Waals surface area (Å²) in [6.07, 6.45) is 2.11. The molecular weight excluding hydrogens is 452 g/mol. The van der Waals surface area contributed by atoms with Gasteiger partial charge in [0.05, 0.1) is 12.3 Å². The Kier molecular flexibility index (Phi) is 6.49. The van der Waals surface area contributed by atoms with Crippen molar-refractivity contribution < 1.29 is 9.53 Å². The zero-order valence-electron chi connectivity index (χ0n) is 20.5. The monoisotopic (exact) mass is 480 g/mol. The molecule has 1 N–H and O–H groups in total. The van der Waals surface area contributed by atoms with Gasteiger partial charge in [-0.2, -0.15) is 4.68 Å². The van der Waals surface area contributed by atoms with E-state index in [1.165, 1.54) is 5.56 Å². The number of ether oxygens (including phenoxy) is 1. The van der Waals surface area contributed by atoms with E-state index in [0.29, 0.717) is 18.2 Å². The van der Waals surface area contributed by atoms with Crippen LogP contribution in [-0.2, 0) is 4.79 Å². The van der Waals surface area contributed by atoms with E-state index in [2.05, 4.69) is 89.3 Å². The van der Waals surface area contributed by atoms with Crippen LogP contribution in [0.15, 0.2) is 78.9 Å². The first kappa shape index (κ1) is 23.3.